The van der Waals surface area contributed by atoms with Gasteiger partial charge < -0.3 is 8.98 Å². The summed E-state index contributed by atoms with van der Waals surface area (Å²) in [6.07, 6.45) is -7.41. The number of anilines is 1. The van der Waals surface area contributed by atoms with Crippen molar-refractivity contribution in [2.45, 2.75) is 12.4 Å². The smallest absolute Gasteiger partial charge is 0.423 e. The highest BCUT2D eigenvalue weighted by atomic mass is 19.4. The van der Waals surface area contributed by atoms with Gasteiger partial charge in [0, 0.05) is 17.4 Å². The number of carbonyl (C=O) groups excluding carboxylic acids is 1. The van der Waals surface area contributed by atoms with Gasteiger partial charge in [0.2, 0.25) is 0 Å². The van der Waals surface area contributed by atoms with E-state index >= 15 is 0 Å². The minimum Gasteiger partial charge on any atom is -0.423 e. The maximum absolute atomic E-state index is 12.8. The van der Waals surface area contributed by atoms with Crippen molar-refractivity contribution >= 4 is 23.0 Å². The van der Waals surface area contributed by atoms with E-state index < -0.39 is 29.5 Å². The fourth-order valence-electron chi connectivity index (χ4n) is 2.75. The third-order valence-electron chi connectivity index (χ3n) is 4.21. The highest BCUT2D eigenvalue weighted by Crippen LogP contribution is 2.30. The second-order valence-corrected chi connectivity index (χ2v) is 6.37. The number of nitrogens with one attached hydrogen (secondary N) is 1. The van der Waals surface area contributed by atoms with Crippen LogP contribution in [-0.4, -0.2) is 20.4 Å². The zero-order valence-corrected chi connectivity index (χ0v) is 15.1. The molecule has 2 heterocycles. The SMILES string of the molecule is O=C(Nc1nc2cc(-n3cnc(C(F)(F)F)c3)ccc2o1)c1cccc(C(F)(F)F)c1. The number of carbonyl (C=O) groups is 1. The van der Waals surface area contributed by atoms with Crippen LogP contribution < -0.4 is 5.32 Å². The van der Waals surface area contributed by atoms with Crippen molar-refractivity contribution in [3.8, 4) is 5.69 Å². The quantitative estimate of drug-likeness (QED) is 0.439. The largest absolute Gasteiger partial charge is 0.434 e. The topological polar surface area (TPSA) is 73.0 Å². The van der Waals surface area contributed by atoms with Crippen molar-refractivity contribution in [1.29, 1.82) is 0 Å². The van der Waals surface area contributed by atoms with Crippen LogP contribution in [0, 0.1) is 0 Å². The predicted octanol–water partition coefficient (Wildman–Crippen LogP) is 5.30. The number of nitrogens with zero attached hydrogens (tertiary/aromatic N) is 3. The fraction of sp³-hybridized carbons (Fsp3) is 0.105. The summed E-state index contributed by atoms with van der Waals surface area (Å²) in [5.41, 5.74) is -1.59. The molecular formula is C19H10F6N4O2. The minimum atomic E-state index is -4.61. The van der Waals surface area contributed by atoms with Crippen LogP contribution in [0.15, 0.2) is 59.4 Å². The summed E-state index contributed by atoms with van der Waals surface area (Å²) in [5, 5.41) is 2.26. The molecule has 2 aromatic heterocycles. The van der Waals surface area contributed by atoms with Gasteiger partial charge in [-0.05, 0) is 36.4 Å². The molecule has 6 nitrogen and oxygen atoms in total. The number of benzene rings is 2. The van der Waals surface area contributed by atoms with E-state index in [1.165, 1.54) is 24.3 Å². The van der Waals surface area contributed by atoms with Gasteiger partial charge in [-0.3, -0.25) is 10.1 Å². The van der Waals surface area contributed by atoms with Crippen molar-refractivity contribution in [3.63, 3.8) is 0 Å². The molecule has 4 rings (SSSR count). The van der Waals surface area contributed by atoms with Crippen molar-refractivity contribution in [3.05, 3.63) is 71.8 Å². The number of oxazole rings is 1. The summed E-state index contributed by atoms with van der Waals surface area (Å²) in [4.78, 5) is 19.6. The van der Waals surface area contributed by atoms with Crippen molar-refractivity contribution in [2.24, 2.45) is 0 Å². The van der Waals surface area contributed by atoms with E-state index in [2.05, 4.69) is 15.3 Å². The van der Waals surface area contributed by atoms with E-state index in [4.69, 9.17) is 4.42 Å². The first-order valence-electron chi connectivity index (χ1n) is 8.51. The molecule has 0 unspecified atom stereocenters. The molecule has 0 aliphatic rings. The van der Waals surface area contributed by atoms with Crippen LogP contribution in [-0.2, 0) is 12.4 Å². The molecule has 0 saturated carbocycles. The van der Waals surface area contributed by atoms with Gasteiger partial charge in [0.25, 0.3) is 5.91 Å². The molecule has 0 radical (unpaired) electrons. The van der Waals surface area contributed by atoms with Gasteiger partial charge in [0.05, 0.1) is 11.9 Å². The number of imidazole rings is 1. The molecule has 0 fully saturated rings. The molecule has 0 bridgehead atoms. The number of hydrogen-bond acceptors (Lipinski definition) is 4. The number of amides is 1. The summed E-state index contributed by atoms with van der Waals surface area (Å²) >= 11 is 0. The molecular weight excluding hydrogens is 430 g/mol. The Hall–Kier alpha value is -3.83. The van der Waals surface area contributed by atoms with Gasteiger partial charge >= 0.3 is 18.4 Å². The van der Waals surface area contributed by atoms with Crippen LogP contribution in [0.2, 0.25) is 0 Å². The zero-order valence-electron chi connectivity index (χ0n) is 15.1. The van der Waals surface area contributed by atoms with Gasteiger partial charge in [0.1, 0.15) is 5.52 Å². The Bertz CT molecular complexity index is 1270. The lowest BCUT2D eigenvalue weighted by Gasteiger charge is -2.07. The van der Waals surface area contributed by atoms with Gasteiger partial charge in [-0.15, -0.1) is 0 Å². The second-order valence-electron chi connectivity index (χ2n) is 6.37. The number of fused-ring (bicyclic) bond motifs is 1. The molecule has 1 N–H and O–H groups in total. The third kappa shape index (κ3) is 4.22. The van der Waals surface area contributed by atoms with Gasteiger partial charge in [0.15, 0.2) is 11.3 Å². The zero-order chi connectivity index (χ0) is 22.4. The highest BCUT2D eigenvalue weighted by molar-refractivity contribution is 6.03. The molecule has 0 spiro atoms. The molecule has 160 valence electrons. The lowest BCUT2D eigenvalue weighted by atomic mass is 10.1. The summed E-state index contributed by atoms with van der Waals surface area (Å²) in [6.45, 7) is 0. The van der Waals surface area contributed by atoms with E-state index in [0.29, 0.717) is 11.8 Å². The van der Waals surface area contributed by atoms with Gasteiger partial charge in [-0.25, -0.2) is 4.98 Å². The average molecular weight is 440 g/mol. The second kappa shape index (κ2) is 7.15. The van der Waals surface area contributed by atoms with Crippen LogP contribution in [0.4, 0.5) is 32.4 Å². The normalized spacial score (nSPS) is 12.3. The number of alkyl halides is 6. The Kier molecular flexibility index (Phi) is 4.71. The predicted molar refractivity (Wildman–Crippen MR) is 95.5 cm³/mol. The molecule has 12 heteroatoms. The Balaban J connectivity index is 1.57. The number of hydrogen-bond donors (Lipinski definition) is 1. The Morgan fingerprint density at radius 2 is 1.77 bits per heavy atom. The van der Waals surface area contributed by atoms with Crippen LogP contribution in [0.5, 0.6) is 0 Å². The van der Waals surface area contributed by atoms with E-state index in [0.717, 1.165) is 29.2 Å². The molecule has 2 aromatic carbocycles. The first kappa shape index (κ1) is 20.4. The van der Waals surface area contributed by atoms with Gasteiger partial charge in [-0.2, -0.15) is 31.3 Å². The number of halogens is 6. The lowest BCUT2D eigenvalue weighted by Crippen LogP contribution is -2.14. The minimum absolute atomic E-state index is 0.208. The molecule has 4 aromatic rings. The molecule has 0 saturated heterocycles. The molecule has 0 aliphatic heterocycles. The van der Waals surface area contributed by atoms with Crippen LogP contribution >= 0.6 is 0 Å². The van der Waals surface area contributed by atoms with E-state index in [-0.39, 0.29) is 22.7 Å². The standard InChI is InChI=1S/C19H10F6N4O2/c20-18(21,22)11-3-1-2-10(6-11)16(30)28-17-27-13-7-12(4-5-14(13)31-17)29-8-15(26-9-29)19(23,24)25/h1-9H,(H,27,28,30). The monoisotopic (exact) mass is 440 g/mol. The number of aromatic nitrogens is 3. The summed E-state index contributed by atoms with van der Waals surface area (Å²) in [6, 6.07) is 7.81. The van der Waals surface area contributed by atoms with Gasteiger partial charge in [-0.1, -0.05) is 6.07 Å². The van der Waals surface area contributed by atoms with Crippen LogP contribution in [0.25, 0.3) is 16.8 Å². The van der Waals surface area contributed by atoms with E-state index in [1.807, 2.05) is 0 Å². The Labute approximate surface area is 169 Å². The Morgan fingerprint density at radius 1 is 1.00 bits per heavy atom. The third-order valence-corrected chi connectivity index (χ3v) is 4.21. The number of rotatable bonds is 3. The fourth-order valence-corrected chi connectivity index (χ4v) is 2.75. The molecule has 0 atom stereocenters. The maximum Gasteiger partial charge on any atom is 0.434 e. The molecule has 0 aliphatic carbocycles. The molecule has 31 heavy (non-hydrogen) atoms. The summed E-state index contributed by atoms with van der Waals surface area (Å²) < 4.78 is 83.1. The van der Waals surface area contributed by atoms with Crippen molar-refractivity contribution < 1.29 is 35.6 Å². The maximum atomic E-state index is 12.8. The van der Waals surface area contributed by atoms with E-state index in [1.54, 1.807) is 0 Å². The van der Waals surface area contributed by atoms with Crippen molar-refractivity contribution in [2.75, 3.05) is 5.32 Å². The molecule has 1 amide bonds. The van der Waals surface area contributed by atoms with Crippen LogP contribution in [0.3, 0.4) is 0 Å². The first-order valence-corrected chi connectivity index (χ1v) is 8.51. The Morgan fingerprint density at radius 3 is 2.45 bits per heavy atom. The highest BCUT2D eigenvalue weighted by Gasteiger charge is 2.33. The average Bonchev–Trinajstić information content (AvgIpc) is 3.33. The lowest BCUT2D eigenvalue weighted by molar-refractivity contribution is -0.141. The van der Waals surface area contributed by atoms with Crippen LogP contribution in [0.1, 0.15) is 21.6 Å². The van der Waals surface area contributed by atoms with E-state index in [9.17, 15) is 31.1 Å². The summed E-state index contributed by atoms with van der Waals surface area (Å²) in [7, 11) is 0. The first-order chi connectivity index (χ1) is 14.5. The summed E-state index contributed by atoms with van der Waals surface area (Å²) in [5.74, 6) is -0.873. The van der Waals surface area contributed by atoms with Crippen molar-refractivity contribution in [1.82, 2.24) is 14.5 Å².